The summed E-state index contributed by atoms with van der Waals surface area (Å²) in [7, 11) is 0. The predicted molar refractivity (Wildman–Crippen MR) is 125 cm³/mol. The van der Waals surface area contributed by atoms with E-state index in [0.717, 1.165) is 15.6 Å². The van der Waals surface area contributed by atoms with Crippen LogP contribution in [0.1, 0.15) is 46.4 Å². The molecule has 9 heteroatoms. The lowest BCUT2D eigenvalue weighted by Crippen LogP contribution is -2.21. The van der Waals surface area contributed by atoms with E-state index in [1.54, 1.807) is 6.92 Å². The summed E-state index contributed by atoms with van der Waals surface area (Å²) < 4.78 is 11.2. The Kier molecular flexibility index (Phi) is 7.69. The number of ether oxygens (including phenoxy) is 2. The van der Waals surface area contributed by atoms with E-state index in [2.05, 4.69) is 5.32 Å². The number of carbonyl (C=O) groups is 3. The lowest BCUT2D eigenvalue weighted by atomic mass is 10.0. The molecule has 1 aromatic carbocycles. The van der Waals surface area contributed by atoms with Crippen LogP contribution in [0.3, 0.4) is 0 Å². The third-order valence-corrected chi connectivity index (χ3v) is 6.88. The number of hydrogen-bond acceptors (Lipinski definition) is 7. The van der Waals surface area contributed by atoms with E-state index in [4.69, 9.17) is 21.1 Å². The summed E-state index contributed by atoms with van der Waals surface area (Å²) in [5.41, 5.74) is 1.18. The van der Waals surface area contributed by atoms with Gasteiger partial charge in [0.2, 0.25) is 0 Å². The van der Waals surface area contributed by atoms with E-state index in [1.807, 2.05) is 43.5 Å². The molecule has 0 atom stereocenters. The van der Waals surface area contributed by atoms with E-state index >= 15 is 0 Å². The number of amides is 1. The van der Waals surface area contributed by atoms with Crippen LogP contribution in [-0.4, -0.2) is 31.1 Å². The van der Waals surface area contributed by atoms with Gasteiger partial charge in [-0.3, -0.25) is 4.79 Å². The first-order valence-corrected chi connectivity index (χ1v) is 11.8. The van der Waals surface area contributed by atoms with Crippen molar-refractivity contribution >= 4 is 67.2 Å². The minimum atomic E-state index is -0.668. The summed E-state index contributed by atoms with van der Waals surface area (Å²) in [5, 5.41) is 5.96. The SMILES string of the molecule is CCOC(=O)c1c(CC(C)C)csc1NC(=O)COC(=O)c1sc2ccccc2c1Cl. The highest BCUT2D eigenvalue weighted by atomic mass is 35.5. The van der Waals surface area contributed by atoms with Gasteiger partial charge >= 0.3 is 11.9 Å². The van der Waals surface area contributed by atoms with Crippen LogP contribution in [0, 0.1) is 5.92 Å². The van der Waals surface area contributed by atoms with Crippen LogP contribution >= 0.6 is 34.3 Å². The fraction of sp³-hybridized carbons (Fsp3) is 0.318. The number of fused-ring (bicyclic) bond motifs is 1. The molecule has 1 amide bonds. The Hall–Kier alpha value is -2.42. The zero-order valence-corrected chi connectivity index (χ0v) is 19.7. The Bertz CT molecular complexity index is 1120. The molecule has 0 saturated heterocycles. The van der Waals surface area contributed by atoms with Crippen LogP contribution in [0.15, 0.2) is 29.6 Å². The summed E-state index contributed by atoms with van der Waals surface area (Å²) in [6, 6.07) is 7.37. The summed E-state index contributed by atoms with van der Waals surface area (Å²) in [5.74, 6) is -1.37. The monoisotopic (exact) mass is 479 g/mol. The highest BCUT2D eigenvalue weighted by Gasteiger charge is 2.23. The Morgan fingerprint density at radius 1 is 1.13 bits per heavy atom. The van der Waals surface area contributed by atoms with Crippen molar-refractivity contribution < 1.29 is 23.9 Å². The smallest absolute Gasteiger partial charge is 0.350 e. The Balaban J connectivity index is 1.69. The molecule has 0 aliphatic rings. The van der Waals surface area contributed by atoms with Gasteiger partial charge in [-0.15, -0.1) is 22.7 Å². The lowest BCUT2D eigenvalue weighted by Gasteiger charge is -2.10. The maximum Gasteiger partial charge on any atom is 0.350 e. The van der Waals surface area contributed by atoms with E-state index in [9.17, 15) is 14.4 Å². The molecule has 0 aliphatic heterocycles. The molecule has 0 radical (unpaired) electrons. The zero-order chi connectivity index (χ0) is 22.5. The number of rotatable bonds is 8. The maximum absolute atomic E-state index is 12.4. The maximum atomic E-state index is 12.4. The van der Waals surface area contributed by atoms with Crippen LogP contribution in [0.25, 0.3) is 10.1 Å². The largest absolute Gasteiger partial charge is 0.462 e. The number of benzene rings is 1. The van der Waals surface area contributed by atoms with E-state index in [0.29, 0.717) is 27.9 Å². The summed E-state index contributed by atoms with van der Waals surface area (Å²) in [4.78, 5) is 37.5. The van der Waals surface area contributed by atoms with Crippen LogP contribution in [0.4, 0.5) is 5.00 Å². The third kappa shape index (κ3) is 5.44. The van der Waals surface area contributed by atoms with E-state index in [-0.39, 0.29) is 11.5 Å². The van der Waals surface area contributed by atoms with Gasteiger partial charge in [0.1, 0.15) is 9.88 Å². The van der Waals surface area contributed by atoms with Crippen LogP contribution < -0.4 is 5.32 Å². The van der Waals surface area contributed by atoms with Gasteiger partial charge in [0.25, 0.3) is 5.91 Å². The molecule has 164 valence electrons. The minimum Gasteiger partial charge on any atom is -0.462 e. The second kappa shape index (κ2) is 10.3. The number of esters is 2. The molecule has 6 nitrogen and oxygen atoms in total. The van der Waals surface area contributed by atoms with Gasteiger partial charge in [-0.25, -0.2) is 9.59 Å². The van der Waals surface area contributed by atoms with Crippen molar-refractivity contribution in [2.24, 2.45) is 5.92 Å². The standard InChI is InChI=1S/C22H22ClNO5S2/c1-4-28-21(26)17-13(9-12(2)3)11-30-20(17)24-16(25)10-29-22(27)19-18(23)14-7-5-6-8-15(14)31-19/h5-8,11-12H,4,9-10H2,1-3H3,(H,24,25). The number of halogens is 1. The van der Waals surface area contributed by atoms with Gasteiger partial charge in [0.05, 0.1) is 17.2 Å². The molecule has 31 heavy (non-hydrogen) atoms. The molecular weight excluding hydrogens is 458 g/mol. The van der Waals surface area contributed by atoms with E-state index < -0.39 is 24.5 Å². The first-order chi connectivity index (χ1) is 14.8. The van der Waals surface area contributed by atoms with Crippen molar-refractivity contribution in [2.75, 3.05) is 18.5 Å². The van der Waals surface area contributed by atoms with Gasteiger partial charge in [0, 0.05) is 10.1 Å². The summed E-state index contributed by atoms with van der Waals surface area (Å²) in [6.45, 7) is 5.55. The second-order valence-electron chi connectivity index (χ2n) is 7.15. The van der Waals surface area contributed by atoms with Gasteiger partial charge in [-0.2, -0.15) is 0 Å². The van der Waals surface area contributed by atoms with Crippen molar-refractivity contribution in [1.29, 1.82) is 0 Å². The van der Waals surface area contributed by atoms with Gasteiger partial charge in [-0.05, 0) is 36.3 Å². The molecule has 2 heterocycles. The Morgan fingerprint density at radius 2 is 1.87 bits per heavy atom. The second-order valence-corrected chi connectivity index (χ2v) is 9.46. The molecule has 1 N–H and O–H groups in total. The number of anilines is 1. The quantitative estimate of drug-likeness (QED) is 0.414. The van der Waals surface area contributed by atoms with Crippen molar-refractivity contribution in [2.45, 2.75) is 27.2 Å². The molecule has 0 fully saturated rings. The molecule has 0 bridgehead atoms. The fourth-order valence-electron chi connectivity index (χ4n) is 3.01. The van der Waals surface area contributed by atoms with Crippen molar-refractivity contribution in [3.63, 3.8) is 0 Å². The summed E-state index contributed by atoms with van der Waals surface area (Å²) in [6.07, 6.45) is 0.680. The van der Waals surface area contributed by atoms with Crippen molar-refractivity contribution in [3.8, 4) is 0 Å². The van der Waals surface area contributed by atoms with Crippen molar-refractivity contribution in [3.05, 3.63) is 50.7 Å². The van der Waals surface area contributed by atoms with Gasteiger partial charge in [0.15, 0.2) is 6.61 Å². The lowest BCUT2D eigenvalue weighted by molar-refractivity contribution is -0.119. The van der Waals surface area contributed by atoms with Gasteiger partial charge in [-0.1, -0.05) is 43.6 Å². The number of nitrogens with one attached hydrogen (secondary N) is 1. The first-order valence-electron chi connectivity index (χ1n) is 9.73. The highest BCUT2D eigenvalue weighted by Crippen LogP contribution is 2.35. The topological polar surface area (TPSA) is 81.7 Å². The van der Waals surface area contributed by atoms with Gasteiger partial charge < -0.3 is 14.8 Å². The highest BCUT2D eigenvalue weighted by molar-refractivity contribution is 7.21. The number of hydrogen-bond donors (Lipinski definition) is 1. The first kappa shape index (κ1) is 23.2. The number of thiophene rings is 2. The third-order valence-electron chi connectivity index (χ3n) is 4.28. The Labute approximate surface area is 193 Å². The summed E-state index contributed by atoms with van der Waals surface area (Å²) >= 11 is 8.74. The normalized spacial score (nSPS) is 11.0. The average molecular weight is 480 g/mol. The average Bonchev–Trinajstić information content (AvgIpc) is 3.27. The minimum absolute atomic E-state index is 0.233. The molecule has 0 saturated carbocycles. The molecule has 2 aromatic heterocycles. The number of carbonyl (C=O) groups excluding carboxylic acids is 3. The predicted octanol–water partition coefficient (Wildman–Crippen LogP) is 5.79. The fourth-order valence-corrected chi connectivity index (χ4v) is 5.39. The molecular formula is C22H22ClNO5S2. The van der Waals surface area contributed by atoms with Crippen LogP contribution in [0.2, 0.25) is 5.02 Å². The zero-order valence-electron chi connectivity index (χ0n) is 17.3. The van der Waals surface area contributed by atoms with Crippen molar-refractivity contribution in [1.82, 2.24) is 0 Å². The molecule has 0 unspecified atom stereocenters. The molecule has 3 rings (SSSR count). The van der Waals surface area contributed by atoms with E-state index in [1.165, 1.54) is 22.7 Å². The molecule has 3 aromatic rings. The van der Waals surface area contributed by atoms with Crippen LogP contribution in [0.5, 0.6) is 0 Å². The molecule has 0 aliphatic carbocycles. The Morgan fingerprint density at radius 3 is 2.55 bits per heavy atom. The van der Waals surface area contributed by atoms with Crippen LogP contribution in [-0.2, 0) is 20.7 Å². The molecule has 0 spiro atoms.